The molecule has 0 fully saturated rings. The smallest absolute Gasteiger partial charge is 0.381 e. The van der Waals surface area contributed by atoms with Gasteiger partial charge >= 0.3 is 33.1 Å². The van der Waals surface area contributed by atoms with E-state index in [1.165, 1.54) is 186 Å². The lowest BCUT2D eigenvalue weighted by Gasteiger charge is -2.44. The van der Waals surface area contributed by atoms with E-state index in [9.17, 15) is 62.3 Å². The van der Waals surface area contributed by atoms with E-state index in [0.29, 0.717) is 23.0 Å². The first-order chi connectivity index (χ1) is 46.8. The number of thiophene rings is 2. The average Bonchev–Trinajstić information content (AvgIpc) is 0.775. The van der Waals surface area contributed by atoms with E-state index in [0.717, 1.165) is 25.7 Å². The van der Waals surface area contributed by atoms with Crippen molar-refractivity contribution in [3.05, 3.63) is 156 Å². The van der Waals surface area contributed by atoms with E-state index in [1.807, 2.05) is 12.1 Å². The van der Waals surface area contributed by atoms with E-state index >= 15 is 35.1 Å². The molecule has 98 heavy (non-hydrogen) atoms. The zero-order chi connectivity index (χ0) is 72.2. The summed E-state index contributed by atoms with van der Waals surface area (Å²) in [7, 11) is 0. The molecule has 0 spiro atoms. The summed E-state index contributed by atoms with van der Waals surface area (Å²) < 4.78 is 308. The van der Waals surface area contributed by atoms with Crippen LogP contribution in [0.1, 0.15) is 239 Å². The van der Waals surface area contributed by atoms with Gasteiger partial charge in [-0.05, 0) is 25.0 Å². The summed E-state index contributed by atoms with van der Waals surface area (Å²) in [5.74, 6) is -71.8. The minimum absolute atomic E-state index is 0.198. The number of carbonyl (C=O) groups excluding carboxylic acids is 2. The zero-order valence-electron chi connectivity index (χ0n) is 54.3. The first-order valence-electron chi connectivity index (χ1n) is 33.3. The third-order valence-corrected chi connectivity index (χ3v) is 22.8. The van der Waals surface area contributed by atoms with Gasteiger partial charge in [-0.15, -0.1) is 21.9 Å². The summed E-state index contributed by atoms with van der Waals surface area (Å²) in [5.41, 5.74) is -14.3. The van der Waals surface area contributed by atoms with Crippen LogP contribution in [0, 0.1) is 122 Å². The second-order valence-electron chi connectivity index (χ2n) is 24.0. The summed E-state index contributed by atoms with van der Waals surface area (Å²) in [6.45, 7) is 5.59. The maximum absolute atomic E-state index is 15.4. The summed E-state index contributed by atoms with van der Waals surface area (Å²) >= 11 is 2.65. The van der Waals surface area contributed by atoms with Crippen molar-refractivity contribution in [1.29, 1.82) is 0 Å². The van der Waals surface area contributed by atoms with Gasteiger partial charge in [-0.2, -0.15) is 0 Å². The van der Waals surface area contributed by atoms with Crippen molar-refractivity contribution in [3.63, 3.8) is 0 Å². The van der Waals surface area contributed by atoms with Gasteiger partial charge in [-0.1, -0.05) is 229 Å². The first kappa shape index (κ1) is 83.3. The minimum atomic E-state index is -7.22. The lowest BCUT2D eigenvalue weighted by atomic mass is 9.12. The highest BCUT2D eigenvalue weighted by molar-refractivity contribution is 7.20. The molecule has 2 aromatic heterocycles. The fraction of sp³-hybridized carbons (Fsp3) is 0.514. The largest absolute Gasteiger partial charge is 0.462 e. The van der Waals surface area contributed by atoms with E-state index in [-0.39, 0.29) is 11.9 Å². The number of benzene rings is 4. The second-order valence-corrected chi connectivity index (χ2v) is 30.5. The number of halogens is 21. The summed E-state index contributed by atoms with van der Waals surface area (Å²) in [6, 6.07) is 7.91. The molecule has 0 unspecified atom stereocenters. The van der Waals surface area contributed by atoms with Crippen molar-refractivity contribution in [3.8, 4) is 0 Å². The van der Waals surface area contributed by atoms with Gasteiger partial charge in [0.15, 0.2) is 69.8 Å². The molecule has 0 atom stereocenters. The molecule has 544 valence electrons. The van der Waals surface area contributed by atoms with Crippen LogP contribution in [0.4, 0.5) is 87.8 Å². The molecule has 4 aromatic carbocycles. The number of rotatable bonds is 42. The second kappa shape index (κ2) is 42.1. The van der Waals surface area contributed by atoms with Crippen LogP contribution in [-0.2, 0) is 9.47 Å². The Morgan fingerprint density at radius 2 is 0.449 bits per heavy atom. The fourth-order valence-corrected chi connectivity index (χ4v) is 17.8. The molecular formula is C70H78BF20IO4S2. The van der Waals surface area contributed by atoms with Crippen LogP contribution in [0.5, 0.6) is 0 Å². The molecule has 0 aliphatic rings. The average molecular weight is 1570 g/mol. The van der Waals surface area contributed by atoms with Crippen molar-refractivity contribution < 1.29 is 128 Å². The molecule has 28 heteroatoms. The molecule has 0 saturated carbocycles. The molecule has 0 aliphatic carbocycles. The number of ether oxygens (including phenoxy) is 2. The predicted molar refractivity (Wildman–Crippen MR) is 335 cm³/mol. The molecule has 0 radical (unpaired) electrons. The Morgan fingerprint density at radius 3 is 0.643 bits per heavy atom. The van der Waals surface area contributed by atoms with Gasteiger partial charge in [0.1, 0.15) is 62.4 Å². The van der Waals surface area contributed by atoms with Gasteiger partial charge in [0.2, 0.25) is 5.77 Å². The molecular weight excluding hydrogens is 1490 g/mol. The lowest BCUT2D eigenvalue weighted by Crippen LogP contribution is -3.61. The van der Waals surface area contributed by atoms with Crippen LogP contribution in [0.15, 0.2) is 24.3 Å². The highest BCUT2D eigenvalue weighted by atomic mass is 127. The molecule has 0 aliphatic heterocycles. The van der Waals surface area contributed by atoms with Gasteiger partial charge in [0, 0.05) is 12.1 Å². The third-order valence-electron chi connectivity index (χ3n) is 16.9. The van der Waals surface area contributed by atoms with E-state index < -0.39 is 166 Å². The summed E-state index contributed by atoms with van der Waals surface area (Å²) in [6.07, 6.45) is 35.6. The summed E-state index contributed by atoms with van der Waals surface area (Å²) in [4.78, 5) is 26.6. The van der Waals surface area contributed by atoms with Crippen molar-refractivity contribution in [2.45, 2.75) is 219 Å². The SMILES string of the molecule is CCCCCCCCCCCCCCCCCCOC(=O)c1ccc([I+]c2ccc(C(=O)OCCCCCCCCCCCCCCCCCC)s2)s1.Fc1c(F)c(F)c([B-](c2c(F)c(F)c(F)c(F)c2F)(c2c(F)c(F)c(F)c(F)c2F)c2c(F)c(F)c(F)c(F)c2F)c(F)c1F. The number of hydrogen-bond donors (Lipinski definition) is 0. The van der Waals surface area contributed by atoms with Crippen molar-refractivity contribution in [1.82, 2.24) is 0 Å². The Morgan fingerprint density at radius 1 is 0.276 bits per heavy atom. The van der Waals surface area contributed by atoms with Crippen LogP contribution >= 0.6 is 22.7 Å². The van der Waals surface area contributed by atoms with Crippen LogP contribution in [-0.4, -0.2) is 31.3 Å². The van der Waals surface area contributed by atoms with Crippen LogP contribution < -0.4 is 43.1 Å². The Kier molecular flexibility index (Phi) is 35.8. The van der Waals surface area contributed by atoms with Gasteiger partial charge in [0.25, 0.3) is 0 Å². The number of unbranched alkanes of at least 4 members (excludes halogenated alkanes) is 30. The fourth-order valence-electron chi connectivity index (χ4n) is 11.7. The Balaban J connectivity index is 0.000000358. The van der Waals surface area contributed by atoms with E-state index in [2.05, 4.69) is 26.0 Å². The Labute approximate surface area is 576 Å². The molecule has 0 amide bonds. The molecule has 0 N–H and O–H groups in total. The molecule has 4 nitrogen and oxygen atoms in total. The standard InChI is InChI=1S/C46H78IO4S2.C24BF20/c1-3-5-7-9-11-13-15-17-19-21-23-25-27-29-31-33-39-50-45(48)41-35-37-43(52-41)47-44-38-36-42(53-44)46(49)51-40-34-32-30-28-26-24-22-20-18-16-14-12-10-8-6-4-2;26-5-1(6(27)14(35)21(42)13(5)34)25(2-7(28)15(36)22(43)16(37)8(2)29,3-9(30)17(38)23(44)18(39)10(3)31)4-11(32)19(40)24(45)20(41)12(4)33/h35-38H,3-34,39-40H2,1-2H3;/q+1;-1. The van der Waals surface area contributed by atoms with Crippen LogP contribution in [0.3, 0.4) is 0 Å². The molecule has 2 heterocycles. The summed E-state index contributed by atoms with van der Waals surface area (Å²) in [5, 5.41) is 0. The predicted octanol–water partition coefficient (Wildman–Crippen LogP) is 18.6. The van der Waals surface area contributed by atoms with Crippen molar-refractivity contribution in [2.75, 3.05) is 13.2 Å². The molecule has 0 saturated heterocycles. The minimum Gasteiger partial charge on any atom is -0.462 e. The highest BCUT2D eigenvalue weighted by Gasteiger charge is 2.52. The number of hydrogen-bond acceptors (Lipinski definition) is 6. The molecule has 0 bridgehead atoms. The van der Waals surface area contributed by atoms with Gasteiger partial charge in [0.05, 0.1) is 13.2 Å². The topological polar surface area (TPSA) is 52.6 Å². The maximum Gasteiger partial charge on any atom is 0.381 e. The van der Waals surface area contributed by atoms with Gasteiger partial charge in [-0.3, -0.25) is 0 Å². The third kappa shape index (κ3) is 21.8. The van der Waals surface area contributed by atoms with Gasteiger partial charge in [-0.25, -0.2) is 97.4 Å². The van der Waals surface area contributed by atoms with Gasteiger partial charge < -0.3 is 9.47 Å². The first-order valence-corrected chi connectivity index (χ1v) is 37.0. The molecule has 6 rings (SSSR count). The zero-order valence-corrected chi connectivity index (χ0v) is 58.1. The Hall–Kier alpha value is -5.39. The monoisotopic (exact) mass is 1560 g/mol. The quantitative estimate of drug-likeness (QED) is 0.00729. The number of esters is 2. The normalized spacial score (nSPS) is 11.7. The number of carbonyl (C=O) groups is 2. The van der Waals surface area contributed by atoms with E-state index in [1.54, 1.807) is 22.7 Å². The van der Waals surface area contributed by atoms with E-state index in [4.69, 9.17) is 9.47 Å². The molecule has 6 aromatic rings. The lowest BCUT2D eigenvalue weighted by molar-refractivity contribution is -0.585. The van der Waals surface area contributed by atoms with Crippen LogP contribution in [0.25, 0.3) is 0 Å². The van der Waals surface area contributed by atoms with Crippen LogP contribution in [0.2, 0.25) is 0 Å². The Bertz CT molecular complexity index is 3080. The maximum atomic E-state index is 15.4. The highest BCUT2D eigenvalue weighted by Crippen LogP contribution is 2.32. The van der Waals surface area contributed by atoms with Crippen molar-refractivity contribution >= 4 is 62.6 Å². The van der Waals surface area contributed by atoms with Crippen molar-refractivity contribution in [2.24, 2.45) is 0 Å².